The number of benzene rings is 2. The lowest BCUT2D eigenvalue weighted by Gasteiger charge is -2.34. The SMILES string of the molecule is O=C(COc1cccc(F)c1)N1CCN(S(=O)(=O)c2ccc(F)cc2F)CC1. The van der Waals surface area contributed by atoms with E-state index in [2.05, 4.69) is 0 Å². The van der Waals surface area contributed by atoms with Crippen molar-refractivity contribution in [2.45, 2.75) is 4.90 Å². The first kappa shape index (κ1) is 20.2. The number of amides is 1. The lowest BCUT2D eigenvalue weighted by molar-refractivity contribution is -0.134. The van der Waals surface area contributed by atoms with Crippen LogP contribution in [0.25, 0.3) is 0 Å². The van der Waals surface area contributed by atoms with Crippen LogP contribution in [0.1, 0.15) is 0 Å². The molecule has 3 rings (SSSR count). The van der Waals surface area contributed by atoms with Gasteiger partial charge in [-0.3, -0.25) is 4.79 Å². The first-order valence-corrected chi connectivity index (χ1v) is 9.83. The van der Waals surface area contributed by atoms with Crippen LogP contribution in [-0.4, -0.2) is 56.3 Å². The highest BCUT2D eigenvalue weighted by Crippen LogP contribution is 2.21. The number of sulfonamides is 1. The van der Waals surface area contributed by atoms with Crippen LogP contribution in [0.5, 0.6) is 5.75 Å². The van der Waals surface area contributed by atoms with Gasteiger partial charge in [-0.05, 0) is 24.3 Å². The quantitative estimate of drug-likeness (QED) is 0.751. The zero-order valence-corrected chi connectivity index (χ0v) is 15.5. The Kier molecular flexibility index (Phi) is 5.90. The highest BCUT2D eigenvalue weighted by atomic mass is 32.2. The second-order valence-electron chi connectivity index (χ2n) is 6.11. The van der Waals surface area contributed by atoms with Crippen molar-refractivity contribution >= 4 is 15.9 Å². The maximum atomic E-state index is 13.8. The minimum absolute atomic E-state index is 0.0369. The van der Waals surface area contributed by atoms with E-state index in [9.17, 15) is 26.4 Å². The van der Waals surface area contributed by atoms with Gasteiger partial charge in [-0.15, -0.1) is 0 Å². The van der Waals surface area contributed by atoms with E-state index in [1.165, 1.54) is 23.1 Å². The summed E-state index contributed by atoms with van der Waals surface area (Å²) in [6.45, 7) is -0.209. The number of ether oxygens (including phenoxy) is 1. The summed E-state index contributed by atoms with van der Waals surface area (Å²) in [7, 11) is -4.14. The van der Waals surface area contributed by atoms with Crippen LogP contribution < -0.4 is 4.74 Å². The van der Waals surface area contributed by atoms with Gasteiger partial charge in [-0.25, -0.2) is 21.6 Å². The van der Waals surface area contributed by atoms with Gasteiger partial charge >= 0.3 is 0 Å². The van der Waals surface area contributed by atoms with Crippen molar-refractivity contribution < 1.29 is 31.1 Å². The Bertz CT molecular complexity index is 977. The average molecular weight is 414 g/mol. The van der Waals surface area contributed by atoms with Gasteiger partial charge < -0.3 is 9.64 Å². The summed E-state index contributed by atoms with van der Waals surface area (Å²) in [6.07, 6.45) is 0. The van der Waals surface area contributed by atoms with Gasteiger partial charge in [0.05, 0.1) is 0 Å². The third kappa shape index (κ3) is 4.45. The van der Waals surface area contributed by atoms with Crippen LogP contribution >= 0.6 is 0 Å². The molecule has 0 unspecified atom stereocenters. The molecular weight excluding hydrogens is 397 g/mol. The molecule has 2 aromatic carbocycles. The predicted molar refractivity (Wildman–Crippen MR) is 93.6 cm³/mol. The molecule has 0 aliphatic carbocycles. The van der Waals surface area contributed by atoms with E-state index in [1.54, 1.807) is 0 Å². The fraction of sp³-hybridized carbons (Fsp3) is 0.278. The summed E-state index contributed by atoms with van der Waals surface area (Å²) >= 11 is 0. The molecule has 1 amide bonds. The van der Waals surface area contributed by atoms with E-state index in [1.807, 2.05) is 0 Å². The summed E-state index contributed by atoms with van der Waals surface area (Å²) in [4.78, 5) is 13.0. The number of piperazine rings is 1. The van der Waals surface area contributed by atoms with E-state index in [4.69, 9.17) is 4.74 Å². The van der Waals surface area contributed by atoms with E-state index in [-0.39, 0.29) is 44.4 Å². The Morgan fingerprint density at radius 1 is 0.964 bits per heavy atom. The van der Waals surface area contributed by atoms with E-state index in [0.29, 0.717) is 6.07 Å². The summed E-state index contributed by atoms with van der Waals surface area (Å²) in [5.74, 6) is -2.69. The summed E-state index contributed by atoms with van der Waals surface area (Å²) < 4.78 is 71.3. The first-order valence-electron chi connectivity index (χ1n) is 8.39. The number of carbonyl (C=O) groups is 1. The summed E-state index contributed by atoms with van der Waals surface area (Å²) in [5, 5.41) is 0. The zero-order chi connectivity index (χ0) is 20.3. The molecule has 1 aliphatic rings. The van der Waals surface area contributed by atoms with Crippen LogP contribution in [0.15, 0.2) is 47.4 Å². The fourth-order valence-electron chi connectivity index (χ4n) is 2.79. The standard InChI is InChI=1S/C18H17F3N2O4S/c19-13-2-1-3-15(10-13)27-12-18(24)22-6-8-23(9-7-22)28(25,26)17-5-4-14(20)11-16(17)21/h1-5,10-11H,6-9,12H2. The van der Waals surface area contributed by atoms with Gasteiger partial charge in [0.15, 0.2) is 6.61 Å². The summed E-state index contributed by atoms with van der Waals surface area (Å²) in [6, 6.07) is 7.62. The normalized spacial score (nSPS) is 15.5. The number of nitrogens with zero attached hydrogens (tertiary/aromatic N) is 2. The molecule has 2 aromatic rings. The number of hydrogen-bond acceptors (Lipinski definition) is 4. The molecule has 0 aromatic heterocycles. The molecule has 1 heterocycles. The van der Waals surface area contributed by atoms with Gasteiger partial charge in [0.25, 0.3) is 5.91 Å². The van der Waals surface area contributed by atoms with Gasteiger partial charge in [0.1, 0.15) is 28.1 Å². The van der Waals surface area contributed by atoms with Gasteiger partial charge in [-0.1, -0.05) is 6.07 Å². The second kappa shape index (κ2) is 8.19. The van der Waals surface area contributed by atoms with Crippen molar-refractivity contribution in [3.05, 3.63) is 59.9 Å². The maximum absolute atomic E-state index is 13.8. The molecule has 0 atom stereocenters. The van der Waals surface area contributed by atoms with E-state index in [0.717, 1.165) is 22.5 Å². The molecular formula is C18H17F3N2O4S. The molecule has 1 fully saturated rings. The highest BCUT2D eigenvalue weighted by molar-refractivity contribution is 7.89. The number of hydrogen-bond donors (Lipinski definition) is 0. The Hall–Kier alpha value is -2.59. The van der Waals surface area contributed by atoms with Gasteiger partial charge in [-0.2, -0.15) is 4.31 Å². The van der Waals surface area contributed by atoms with E-state index >= 15 is 0 Å². The van der Waals surface area contributed by atoms with Crippen molar-refractivity contribution in [2.24, 2.45) is 0 Å². The van der Waals surface area contributed by atoms with Crippen molar-refractivity contribution in [2.75, 3.05) is 32.8 Å². The minimum Gasteiger partial charge on any atom is -0.484 e. The lowest BCUT2D eigenvalue weighted by atomic mass is 10.3. The zero-order valence-electron chi connectivity index (χ0n) is 14.6. The van der Waals surface area contributed by atoms with Crippen LogP contribution in [0.2, 0.25) is 0 Å². The van der Waals surface area contributed by atoms with Crippen molar-refractivity contribution in [1.82, 2.24) is 9.21 Å². The Balaban J connectivity index is 1.58. The lowest BCUT2D eigenvalue weighted by Crippen LogP contribution is -2.51. The van der Waals surface area contributed by atoms with Gasteiger partial charge in [0, 0.05) is 38.3 Å². The van der Waals surface area contributed by atoms with Crippen molar-refractivity contribution in [3.63, 3.8) is 0 Å². The molecule has 0 N–H and O–H groups in total. The topological polar surface area (TPSA) is 66.9 Å². The van der Waals surface area contributed by atoms with Crippen LogP contribution in [0, 0.1) is 17.5 Å². The third-order valence-corrected chi connectivity index (χ3v) is 6.19. The minimum atomic E-state index is -4.14. The maximum Gasteiger partial charge on any atom is 0.260 e. The fourth-order valence-corrected chi connectivity index (χ4v) is 4.26. The molecule has 0 bridgehead atoms. The largest absolute Gasteiger partial charge is 0.484 e. The first-order chi connectivity index (χ1) is 13.3. The molecule has 6 nitrogen and oxygen atoms in total. The van der Waals surface area contributed by atoms with Crippen LogP contribution in [0.4, 0.5) is 13.2 Å². The third-order valence-electron chi connectivity index (χ3n) is 4.26. The van der Waals surface area contributed by atoms with Crippen molar-refractivity contribution in [1.29, 1.82) is 0 Å². The molecule has 0 spiro atoms. The summed E-state index contributed by atoms with van der Waals surface area (Å²) in [5.41, 5.74) is 0. The second-order valence-corrected chi connectivity index (χ2v) is 8.01. The Morgan fingerprint density at radius 2 is 1.64 bits per heavy atom. The molecule has 1 aliphatic heterocycles. The molecule has 0 radical (unpaired) electrons. The predicted octanol–water partition coefficient (Wildman–Crippen LogP) is 2.02. The smallest absolute Gasteiger partial charge is 0.260 e. The molecule has 10 heteroatoms. The monoisotopic (exact) mass is 414 g/mol. The number of carbonyl (C=O) groups excluding carboxylic acids is 1. The highest BCUT2D eigenvalue weighted by Gasteiger charge is 2.32. The molecule has 1 saturated heterocycles. The number of halogens is 3. The van der Waals surface area contributed by atoms with Gasteiger partial charge in [0.2, 0.25) is 10.0 Å². The van der Waals surface area contributed by atoms with E-state index < -0.39 is 32.4 Å². The molecule has 150 valence electrons. The Labute approximate surface area is 160 Å². The van der Waals surface area contributed by atoms with Crippen LogP contribution in [-0.2, 0) is 14.8 Å². The van der Waals surface area contributed by atoms with Crippen LogP contribution in [0.3, 0.4) is 0 Å². The number of rotatable bonds is 5. The van der Waals surface area contributed by atoms with Crippen molar-refractivity contribution in [3.8, 4) is 5.75 Å². The molecule has 28 heavy (non-hydrogen) atoms. The average Bonchev–Trinajstić information content (AvgIpc) is 2.66. The Morgan fingerprint density at radius 3 is 2.29 bits per heavy atom. The molecule has 0 saturated carbocycles.